The Balaban J connectivity index is 1.82. The number of carbonyl (C=O) groups excluding carboxylic acids is 1. The number of rotatable bonds is 6. The van der Waals surface area contributed by atoms with E-state index in [-0.39, 0.29) is 22.7 Å². The third kappa shape index (κ3) is 4.22. The van der Waals surface area contributed by atoms with Gasteiger partial charge in [-0.15, -0.1) is 0 Å². The first-order valence-electron chi connectivity index (χ1n) is 8.14. The fraction of sp³-hybridized carbons (Fsp3) is 0.263. The van der Waals surface area contributed by atoms with Crippen LogP contribution in [0.15, 0.2) is 53.0 Å². The molecule has 2 aromatic rings. The molecule has 3 rings (SSSR count). The molecule has 1 saturated carbocycles. The smallest absolute Gasteiger partial charge is 0.411 e. The Kier molecular flexibility index (Phi) is 5.56. The highest BCUT2D eigenvalue weighted by molar-refractivity contribution is 9.10. The normalized spacial score (nSPS) is 14.5. The third-order valence-corrected chi connectivity index (χ3v) is 4.77. The molecule has 1 aliphatic rings. The molecule has 136 valence electrons. The van der Waals surface area contributed by atoms with E-state index in [0.29, 0.717) is 12.8 Å². The number of carboxylic acid groups (broad SMARTS) is 1. The van der Waals surface area contributed by atoms with Gasteiger partial charge in [-0.05, 0) is 52.0 Å². The molecule has 0 aliphatic heterocycles. The molecule has 26 heavy (non-hydrogen) atoms. The van der Waals surface area contributed by atoms with Crippen LogP contribution in [-0.2, 0) is 16.1 Å². The number of hydrogen-bond acceptors (Lipinski definition) is 3. The lowest BCUT2D eigenvalue weighted by Crippen LogP contribution is -2.41. The highest BCUT2D eigenvalue weighted by atomic mass is 79.9. The molecular formula is C19H17BrFNO4. The molecule has 1 aliphatic carbocycles. The van der Waals surface area contributed by atoms with Crippen LogP contribution in [0.4, 0.5) is 9.18 Å². The second-order valence-corrected chi connectivity index (χ2v) is 6.95. The van der Waals surface area contributed by atoms with Crippen molar-refractivity contribution >= 4 is 28.0 Å². The van der Waals surface area contributed by atoms with Crippen molar-refractivity contribution in [3.05, 3.63) is 69.9 Å². The first-order valence-corrected chi connectivity index (χ1v) is 8.93. The van der Waals surface area contributed by atoms with E-state index in [1.165, 1.54) is 17.0 Å². The van der Waals surface area contributed by atoms with Gasteiger partial charge in [-0.25, -0.2) is 14.0 Å². The number of ether oxygens (including phenoxy) is 1. The summed E-state index contributed by atoms with van der Waals surface area (Å²) in [6.45, 7) is 0.0456. The Hall–Kier alpha value is -2.41. The molecular weight excluding hydrogens is 405 g/mol. The van der Waals surface area contributed by atoms with Gasteiger partial charge in [-0.1, -0.05) is 36.4 Å². The average molecular weight is 422 g/mol. The van der Waals surface area contributed by atoms with E-state index < -0.39 is 23.9 Å². The van der Waals surface area contributed by atoms with Crippen molar-refractivity contribution in [2.45, 2.75) is 31.5 Å². The number of nitrogens with zero attached hydrogens (tertiary/aromatic N) is 1. The van der Waals surface area contributed by atoms with Crippen molar-refractivity contribution in [2.75, 3.05) is 0 Å². The maximum Gasteiger partial charge on any atom is 0.411 e. The maximum atomic E-state index is 13.9. The molecule has 1 atom stereocenters. The van der Waals surface area contributed by atoms with E-state index >= 15 is 0 Å². The Bertz CT molecular complexity index is 810. The predicted octanol–water partition coefficient (Wildman–Crippen LogP) is 4.52. The summed E-state index contributed by atoms with van der Waals surface area (Å²) in [5.74, 6) is -1.81. The topological polar surface area (TPSA) is 66.8 Å². The van der Waals surface area contributed by atoms with Crippen molar-refractivity contribution in [3.8, 4) is 0 Å². The molecule has 1 N–H and O–H groups in total. The summed E-state index contributed by atoms with van der Waals surface area (Å²) in [6, 6.07) is 11.7. The standard InChI is InChI=1S/C19H17BrFNO4/c20-15-9-6-13(10-16(15)21)17(18(23)24)22(14-7-8-14)19(25)26-11-12-4-2-1-3-5-12/h1-6,9-10,14,17H,7-8,11H2,(H,23,24). The Morgan fingerprint density at radius 1 is 1.23 bits per heavy atom. The van der Waals surface area contributed by atoms with Crippen molar-refractivity contribution in [1.29, 1.82) is 0 Å². The van der Waals surface area contributed by atoms with Crippen LogP contribution in [0.5, 0.6) is 0 Å². The highest BCUT2D eigenvalue weighted by Gasteiger charge is 2.42. The van der Waals surface area contributed by atoms with Gasteiger partial charge < -0.3 is 9.84 Å². The Labute approximate surface area is 158 Å². The molecule has 0 saturated heterocycles. The van der Waals surface area contributed by atoms with Gasteiger partial charge in [0.05, 0.1) is 4.47 Å². The number of aliphatic carboxylic acids is 1. The second kappa shape index (κ2) is 7.86. The molecule has 0 bridgehead atoms. The van der Waals surface area contributed by atoms with Gasteiger partial charge in [0.1, 0.15) is 12.4 Å². The van der Waals surface area contributed by atoms with Gasteiger partial charge in [0, 0.05) is 6.04 Å². The van der Waals surface area contributed by atoms with Gasteiger partial charge in [0.25, 0.3) is 0 Å². The summed E-state index contributed by atoms with van der Waals surface area (Å²) in [5, 5.41) is 9.68. The number of benzene rings is 2. The van der Waals surface area contributed by atoms with Crippen molar-refractivity contribution in [1.82, 2.24) is 4.90 Å². The van der Waals surface area contributed by atoms with Crippen LogP contribution in [0.1, 0.15) is 30.0 Å². The molecule has 0 radical (unpaired) electrons. The molecule has 5 nitrogen and oxygen atoms in total. The number of carboxylic acids is 1. The molecule has 1 fully saturated rings. The first-order chi connectivity index (χ1) is 12.5. The molecule has 2 aromatic carbocycles. The highest BCUT2D eigenvalue weighted by Crippen LogP contribution is 2.36. The number of halogens is 2. The van der Waals surface area contributed by atoms with E-state index in [4.69, 9.17) is 4.74 Å². The molecule has 0 heterocycles. The van der Waals surface area contributed by atoms with Crippen molar-refractivity contribution < 1.29 is 23.8 Å². The summed E-state index contributed by atoms with van der Waals surface area (Å²) < 4.78 is 19.4. The molecule has 1 amide bonds. The van der Waals surface area contributed by atoms with Gasteiger partial charge in [-0.3, -0.25) is 4.90 Å². The van der Waals surface area contributed by atoms with Crippen LogP contribution in [0.3, 0.4) is 0 Å². The van der Waals surface area contributed by atoms with Crippen LogP contribution < -0.4 is 0 Å². The maximum absolute atomic E-state index is 13.9. The van der Waals surface area contributed by atoms with E-state index in [9.17, 15) is 19.1 Å². The number of carbonyl (C=O) groups is 2. The SMILES string of the molecule is O=C(O)C(c1ccc(Br)c(F)c1)N(C(=O)OCc1ccccc1)C1CC1. The number of amides is 1. The van der Waals surface area contributed by atoms with Gasteiger partial charge in [-0.2, -0.15) is 0 Å². The number of hydrogen-bond donors (Lipinski definition) is 1. The summed E-state index contributed by atoms with van der Waals surface area (Å²) in [7, 11) is 0. The fourth-order valence-electron chi connectivity index (χ4n) is 2.72. The molecule has 0 spiro atoms. The zero-order valence-corrected chi connectivity index (χ0v) is 15.4. The fourth-order valence-corrected chi connectivity index (χ4v) is 2.96. The minimum absolute atomic E-state index is 0.0456. The lowest BCUT2D eigenvalue weighted by Gasteiger charge is -2.28. The van der Waals surface area contributed by atoms with Crippen LogP contribution in [0.25, 0.3) is 0 Å². The molecule has 0 aromatic heterocycles. The van der Waals surface area contributed by atoms with E-state index in [1.807, 2.05) is 30.3 Å². The monoisotopic (exact) mass is 421 g/mol. The van der Waals surface area contributed by atoms with Gasteiger partial charge in [0.2, 0.25) is 0 Å². The Morgan fingerprint density at radius 2 is 1.92 bits per heavy atom. The Morgan fingerprint density at radius 3 is 2.50 bits per heavy atom. The first kappa shape index (κ1) is 18.4. The van der Waals surface area contributed by atoms with Gasteiger partial charge >= 0.3 is 12.1 Å². The van der Waals surface area contributed by atoms with Crippen LogP contribution >= 0.6 is 15.9 Å². The summed E-state index contributed by atoms with van der Waals surface area (Å²) in [5.41, 5.74) is 1.000. The van der Waals surface area contributed by atoms with Crippen molar-refractivity contribution in [2.24, 2.45) is 0 Å². The van der Waals surface area contributed by atoms with Crippen molar-refractivity contribution in [3.63, 3.8) is 0 Å². The van der Waals surface area contributed by atoms with Crippen LogP contribution in [0, 0.1) is 5.82 Å². The summed E-state index contributed by atoms with van der Waals surface area (Å²) in [6.07, 6.45) is 0.680. The minimum atomic E-state index is -1.30. The average Bonchev–Trinajstić information content (AvgIpc) is 3.45. The predicted molar refractivity (Wildman–Crippen MR) is 96.0 cm³/mol. The lowest BCUT2D eigenvalue weighted by molar-refractivity contribution is -0.143. The zero-order chi connectivity index (χ0) is 18.7. The largest absolute Gasteiger partial charge is 0.479 e. The zero-order valence-electron chi connectivity index (χ0n) is 13.8. The van der Waals surface area contributed by atoms with E-state index in [1.54, 1.807) is 0 Å². The minimum Gasteiger partial charge on any atom is -0.479 e. The molecule has 1 unspecified atom stereocenters. The summed E-state index contributed by atoms with van der Waals surface area (Å²) >= 11 is 3.05. The lowest BCUT2D eigenvalue weighted by atomic mass is 10.1. The quantitative estimate of drug-likeness (QED) is 0.744. The van der Waals surface area contributed by atoms with E-state index in [2.05, 4.69) is 15.9 Å². The van der Waals surface area contributed by atoms with Crippen LogP contribution in [-0.4, -0.2) is 28.1 Å². The summed E-state index contributed by atoms with van der Waals surface area (Å²) in [4.78, 5) is 25.7. The van der Waals surface area contributed by atoms with E-state index in [0.717, 1.165) is 11.6 Å². The third-order valence-electron chi connectivity index (χ3n) is 4.13. The second-order valence-electron chi connectivity index (χ2n) is 6.09. The molecule has 7 heteroatoms. The van der Waals surface area contributed by atoms with Crippen LogP contribution in [0.2, 0.25) is 0 Å². The van der Waals surface area contributed by atoms with Gasteiger partial charge in [0.15, 0.2) is 6.04 Å².